The van der Waals surface area contributed by atoms with Gasteiger partial charge in [0.05, 0.1) is 0 Å². The van der Waals surface area contributed by atoms with Crippen LogP contribution in [0.15, 0.2) is 56.1 Å². The number of hydrogen-bond donors (Lipinski definition) is 0. The smallest absolute Gasteiger partial charge is 0.347 e. The van der Waals surface area contributed by atoms with Gasteiger partial charge in [-0.2, -0.15) is 0 Å². The van der Waals surface area contributed by atoms with E-state index in [1.165, 1.54) is 6.92 Å². The normalized spacial score (nSPS) is 10.8. The third-order valence-electron chi connectivity index (χ3n) is 3.77. The molecule has 0 bridgehead atoms. The second-order valence-electron chi connectivity index (χ2n) is 5.54. The molecule has 0 saturated heterocycles. The zero-order chi connectivity index (χ0) is 17.3. The monoisotopic (exact) mass is 386 g/mol. The quantitative estimate of drug-likeness (QED) is 0.483. The van der Waals surface area contributed by atoms with E-state index in [4.69, 9.17) is 9.15 Å². The van der Waals surface area contributed by atoms with Crippen molar-refractivity contribution in [3.63, 3.8) is 0 Å². The van der Waals surface area contributed by atoms with Gasteiger partial charge in [0.15, 0.2) is 5.78 Å². The summed E-state index contributed by atoms with van der Waals surface area (Å²) in [6, 6.07) is 12.9. The van der Waals surface area contributed by atoms with Crippen molar-refractivity contribution in [3.8, 4) is 5.75 Å². The van der Waals surface area contributed by atoms with Crippen LogP contribution in [0, 0.1) is 6.92 Å². The van der Waals surface area contributed by atoms with Gasteiger partial charge < -0.3 is 9.15 Å². The predicted octanol–water partition coefficient (Wildman–Crippen LogP) is 4.65. The van der Waals surface area contributed by atoms with Gasteiger partial charge in [-0.1, -0.05) is 34.1 Å². The van der Waals surface area contributed by atoms with Gasteiger partial charge in [-0.25, -0.2) is 4.79 Å². The number of ether oxygens (including phenoxy) is 1. The number of ketones is 1. The summed E-state index contributed by atoms with van der Waals surface area (Å²) in [6.07, 6.45) is 0. The van der Waals surface area contributed by atoms with E-state index >= 15 is 0 Å². The molecule has 0 saturated carbocycles. The van der Waals surface area contributed by atoms with Crippen LogP contribution in [-0.4, -0.2) is 5.78 Å². The third-order valence-corrected chi connectivity index (χ3v) is 4.54. The summed E-state index contributed by atoms with van der Waals surface area (Å²) in [5.74, 6) is 0.300. The number of halogens is 1. The Bertz CT molecular complexity index is 988. The number of hydrogen-bond acceptors (Lipinski definition) is 4. The summed E-state index contributed by atoms with van der Waals surface area (Å²) in [6.45, 7) is 3.63. The molecular formula is C19H15BrO4. The maximum absolute atomic E-state index is 11.9. The van der Waals surface area contributed by atoms with Crippen molar-refractivity contribution in [1.29, 1.82) is 0 Å². The Morgan fingerprint density at radius 2 is 1.96 bits per heavy atom. The van der Waals surface area contributed by atoms with Crippen LogP contribution in [0.3, 0.4) is 0 Å². The van der Waals surface area contributed by atoms with Crippen molar-refractivity contribution in [3.05, 3.63) is 74.0 Å². The summed E-state index contributed by atoms with van der Waals surface area (Å²) in [5.41, 5.74) is 1.74. The van der Waals surface area contributed by atoms with Gasteiger partial charge in [-0.15, -0.1) is 0 Å². The molecule has 1 heterocycles. The molecule has 0 spiro atoms. The molecule has 0 fully saturated rings. The van der Waals surface area contributed by atoms with Gasteiger partial charge in [0.1, 0.15) is 23.5 Å². The fraction of sp³-hybridized carbons (Fsp3) is 0.158. The minimum absolute atomic E-state index is 0.0625. The van der Waals surface area contributed by atoms with E-state index in [-0.39, 0.29) is 11.3 Å². The van der Waals surface area contributed by atoms with Crippen LogP contribution in [0.5, 0.6) is 5.75 Å². The first kappa shape index (κ1) is 16.5. The highest BCUT2D eigenvalue weighted by Crippen LogP contribution is 2.26. The molecule has 1 aromatic heterocycles. The number of carbonyl (C=O) groups excluding carboxylic acids is 1. The highest BCUT2D eigenvalue weighted by molar-refractivity contribution is 9.10. The highest BCUT2D eigenvalue weighted by Gasteiger charge is 2.12. The van der Waals surface area contributed by atoms with Crippen molar-refractivity contribution in [1.82, 2.24) is 0 Å². The molecule has 2 aromatic carbocycles. The molecule has 0 aliphatic rings. The fourth-order valence-electron chi connectivity index (χ4n) is 2.47. The van der Waals surface area contributed by atoms with Crippen molar-refractivity contribution in [2.24, 2.45) is 0 Å². The van der Waals surface area contributed by atoms with E-state index in [9.17, 15) is 9.59 Å². The fourth-order valence-corrected chi connectivity index (χ4v) is 2.87. The van der Waals surface area contributed by atoms with Crippen LogP contribution in [0.4, 0.5) is 0 Å². The summed E-state index contributed by atoms with van der Waals surface area (Å²) in [5, 5.41) is 0.730. The Balaban J connectivity index is 1.96. The van der Waals surface area contributed by atoms with Gasteiger partial charge >= 0.3 is 5.63 Å². The number of benzene rings is 2. The molecular weight excluding hydrogens is 372 g/mol. The molecule has 0 N–H and O–H groups in total. The molecule has 0 atom stereocenters. The standard InChI is InChI=1S/C19H15BrO4/c1-11-7-14(23-10-13-5-3-4-6-17(13)20)8-18-15(11)9-16(12(2)21)19(22)24-18/h3-9H,10H2,1-2H3. The molecule has 3 aromatic rings. The average Bonchev–Trinajstić information content (AvgIpc) is 2.53. The number of aryl methyl sites for hydroxylation is 1. The minimum atomic E-state index is -0.627. The van der Waals surface area contributed by atoms with E-state index in [0.29, 0.717) is 17.9 Å². The molecule has 0 aliphatic heterocycles. The second kappa shape index (κ2) is 6.61. The van der Waals surface area contributed by atoms with Crippen LogP contribution in [0.2, 0.25) is 0 Å². The van der Waals surface area contributed by atoms with Crippen molar-refractivity contribution in [2.75, 3.05) is 0 Å². The van der Waals surface area contributed by atoms with E-state index in [0.717, 1.165) is 21.0 Å². The first-order chi connectivity index (χ1) is 11.5. The Labute approximate surface area is 147 Å². The van der Waals surface area contributed by atoms with E-state index < -0.39 is 5.63 Å². The Morgan fingerprint density at radius 1 is 1.21 bits per heavy atom. The lowest BCUT2D eigenvalue weighted by atomic mass is 10.1. The molecule has 0 radical (unpaired) electrons. The van der Waals surface area contributed by atoms with Crippen LogP contribution in [-0.2, 0) is 6.61 Å². The van der Waals surface area contributed by atoms with Gasteiger partial charge in [0.2, 0.25) is 0 Å². The molecule has 5 heteroatoms. The zero-order valence-electron chi connectivity index (χ0n) is 13.3. The first-order valence-electron chi connectivity index (χ1n) is 7.41. The third kappa shape index (κ3) is 3.26. The SMILES string of the molecule is CC(=O)c1cc2c(C)cc(OCc3ccccc3Br)cc2oc1=O. The lowest BCUT2D eigenvalue weighted by Crippen LogP contribution is -2.11. The van der Waals surface area contributed by atoms with Gasteiger partial charge in [-0.05, 0) is 37.6 Å². The summed E-state index contributed by atoms with van der Waals surface area (Å²) < 4.78 is 12.1. The Kier molecular flexibility index (Phi) is 4.53. The summed E-state index contributed by atoms with van der Waals surface area (Å²) in [4.78, 5) is 23.4. The maximum Gasteiger partial charge on any atom is 0.347 e. The minimum Gasteiger partial charge on any atom is -0.489 e. The predicted molar refractivity (Wildman–Crippen MR) is 95.7 cm³/mol. The number of carbonyl (C=O) groups is 1. The zero-order valence-corrected chi connectivity index (χ0v) is 14.8. The van der Waals surface area contributed by atoms with Gasteiger partial charge in [0.25, 0.3) is 0 Å². The van der Waals surface area contributed by atoms with Crippen molar-refractivity contribution in [2.45, 2.75) is 20.5 Å². The molecule has 24 heavy (non-hydrogen) atoms. The van der Waals surface area contributed by atoms with E-state index in [2.05, 4.69) is 15.9 Å². The lowest BCUT2D eigenvalue weighted by Gasteiger charge is -2.10. The highest BCUT2D eigenvalue weighted by atomic mass is 79.9. The maximum atomic E-state index is 11.9. The van der Waals surface area contributed by atoms with Crippen LogP contribution < -0.4 is 10.4 Å². The van der Waals surface area contributed by atoms with Crippen LogP contribution in [0.1, 0.15) is 28.4 Å². The van der Waals surface area contributed by atoms with Crippen LogP contribution in [0.25, 0.3) is 11.0 Å². The van der Waals surface area contributed by atoms with Crippen molar-refractivity contribution >= 4 is 32.7 Å². The Hall–Kier alpha value is -2.40. The number of fused-ring (bicyclic) bond motifs is 1. The summed E-state index contributed by atoms with van der Waals surface area (Å²) >= 11 is 3.48. The van der Waals surface area contributed by atoms with Gasteiger partial charge in [0, 0.05) is 21.5 Å². The van der Waals surface area contributed by atoms with E-state index in [1.54, 1.807) is 12.1 Å². The number of rotatable bonds is 4. The summed E-state index contributed by atoms with van der Waals surface area (Å²) in [7, 11) is 0. The second-order valence-corrected chi connectivity index (χ2v) is 6.39. The van der Waals surface area contributed by atoms with Crippen molar-refractivity contribution < 1.29 is 13.9 Å². The molecule has 0 amide bonds. The largest absolute Gasteiger partial charge is 0.489 e. The number of Topliss-reactive ketones (excluding diaryl/α,β-unsaturated/α-hetero) is 1. The molecule has 0 aliphatic carbocycles. The van der Waals surface area contributed by atoms with Gasteiger partial charge in [-0.3, -0.25) is 4.79 Å². The Morgan fingerprint density at radius 3 is 2.67 bits per heavy atom. The molecule has 0 unspecified atom stereocenters. The average molecular weight is 387 g/mol. The topological polar surface area (TPSA) is 56.5 Å². The molecule has 122 valence electrons. The lowest BCUT2D eigenvalue weighted by molar-refractivity contribution is 0.101. The molecule has 3 rings (SSSR count). The first-order valence-corrected chi connectivity index (χ1v) is 8.20. The van der Waals surface area contributed by atoms with Crippen LogP contribution >= 0.6 is 15.9 Å². The molecule has 4 nitrogen and oxygen atoms in total. The van der Waals surface area contributed by atoms with E-state index in [1.807, 2.05) is 37.3 Å².